The van der Waals surface area contributed by atoms with E-state index in [4.69, 9.17) is 4.98 Å². The second kappa shape index (κ2) is 4.23. The van der Waals surface area contributed by atoms with Gasteiger partial charge in [-0.3, -0.25) is 0 Å². The van der Waals surface area contributed by atoms with Gasteiger partial charge in [0.05, 0.1) is 0 Å². The zero-order valence-corrected chi connectivity index (χ0v) is 10.3. The van der Waals surface area contributed by atoms with Gasteiger partial charge in [0, 0.05) is 24.4 Å². The van der Waals surface area contributed by atoms with Crippen LogP contribution in [-0.2, 0) is 6.54 Å². The van der Waals surface area contributed by atoms with E-state index in [-0.39, 0.29) is 0 Å². The highest BCUT2D eigenvalue weighted by Gasteiger charge is 2.25. The van der Waals surface area contributed by atoms with Crippen molar-refractivity contribution in [2.45, 2.75) is 70.3 Å². The first-order valence-corrected chi connectivity index (χ1v) is 6.91. The van der Waals surface area contributed by atoms with E-state index in [9.17, 15) is 0 Å². The molecule has 16 heavy (non-hydrogen) atoms. The summed E-state index contributed by atoms with van der Waals surface area (Å²) in [6.07, 6.45) is 11.8. The fraction of sp³-hybridized carbons (Fsp3) is 0.786. The Morgan fingerprint density at radius 2 is 1.94 bits per heavy atom. The number of hydrogen-bond donors (Lipinski definition) is 0. The van der Waals surface area contributed by atoms with Crippen LogP contribution in [0.5, 0.6) is 0 Å². The molecule has 2 nitrogen and oxygen atoms in total. The van der Waals surface area contributed by atoms with Gasteiger partial charge in [0.1, 0.15) is 5.82 Å². The average molecular weight is 218 g/mol. The summed E-state index contributed by atoms with van der Waals surface area (Å²) in [5, 5.41) is 0. The summed E-state index contributed by atoms with van der Waals surface area (Å²) >= 11 is 0. The maximum atomic E-state index is 4.73. The summed E-state index contributed by atoms with van der Waals surface area (Å²) in [5.74, 6) is 2.88. The molecule has 2 aliphatic rings. The quantitative estimate of drug-likeness (QED) is 0.700. The summed E-state index contributed by atoms with van der Waals surface area (Å²) in [6.45, 7) is 3.56. The molecule has 0 spiro atoms. The van der Waals surface area contributed by atoms with Crippen molar-refractivity contribution < 1.29 is 0 Å². The van der Waals surface area contributed by atoms with E-state index in [1.165, 1.54) is 63.0 Å². The van der Waals surface area contributed by atoms with Crippen LogP contribution in [0.25, 0.3) is 0 Å². The fourth-order valence-electron chi connectivity index (χ4n) is 3.43. The van der Waals surface area contributed by atoms with Crippen LogP contribution in [0.15, 0.2) is 6.20 Å². The van der Waals surface area contributed by atoms with Crippen molar-refractivity contribution >= 4 is 0 Å². The minimum Gasteiger partial charge on any atom is -0.332 e. The minimum atomic E-state index is 0.721. The highest BCUT2D eigenvalue weighted by atomic mass is 15.1. The molecule has 88 valence electrons. The molecule has 2 heterocycles. The lowest BCUT2D eigenvalue weighted by atomic mass is 9.88. The second-order valence-corrected chi connectivity index (χ2v) is 5.57. The fourth-order valence-corrected chi connectivity index (χ4v) is 3.43. The average Bonchev–Trinajstić information content (AvgIpc) is 2.75. The van der Waals surface area contributed by atoms with Gasteiger partial charge >= 0.3 is 0 Å². The molecule has 3 rings (SSSR count). The molecule has 1 aliphatic carbocycles. The predicted octanol–water partition coefficient (Wildman–Crippen LogP) is 3.83. The van der Waals surface area contributed by atoms with Gasteiger partial charge in [-0.25, -0.2) is 4.98 Å². The van der Waals surface area contributed by atoms with Gasteiger partial charge in [-0.2, -0.15) is 0 Å². The van der Waals surface area contributed by atoms with E-state index < -0.39 is 0 Å². The Morgan fingerprint density at radius 3 is 2.75 bits per heavy atom. The van der Waals surface area contributed by atoms with Crippen molar-refractivity contribution in [1.82, 2.24) is 9.55 Å². The molecule has 0 aromatic carbocycles. The monoisotopic (exact) mass is 218 g/mol. The Morgan fingerprint density at radius 1 is 1.12 bits per heavy atom. The topological polar surface area (TPSA) is 17.8 Å². The maximum absolute atomic E-state index is 4.73. The minimum absolute atomic E-state index is 0.721. The van der Waals surface area contributed by atoms with Crippen LogP contribution in [0.2, 0.25) is 0 Å². The Labute approximate surface area is 98.1 Å². The van der Waals surface area contributed by atoms with Crippen molar-refractivity contribution in [3.8, 4) is 0 Å². The summed E-state index contributed by atoms with van der Waals surface area (Å²) in [6, 6.07) is 0. The number of hydrogen-bond acceptors (Lipinski definition) is 1. The van der Waals surface area contributed by atoms with Crippen LogP contribution in [0.4, 0.5) is 0 Å². The molecule has 0 N–H and O–H groups in total. The third-order valence-corrected chi connectivity index (χ3v) is 4.41. The lowest BCUT2D eigenvalue weighted by Crippen LogP contribution is -2.18. The van der Waals surface area contributed by atoms with E-state index in [1.54, 1.807) is 0 Å². The maximum Gasteiger partial charge on any atom is 0.111 e. The summed E-state index contributed by atoms with van der Waals surface area (Å²) in [4.78, 5) is 4.73. The van der Waals surface area contributed by atoms with Crippen molar-refractivity contribution in [2.75, 3.05) is 0 Å². The van der Waals surface area contributed by atoms with Crippen molar-refractivity contribution in [2.24, 2.45) is 0 Å². The highest BCUT2D eigenvalue weighted by Crippen LogP contribution is 2.35. The van der Waals surface area contributed by atoms with Crippen LogP contribution in [0.1, 0.15) is 75.2 Å². The largest absolute Gasteiger partial charge is 0.332 e. The molecule has 1 aromatic rings. The lowest BCUT2D eigenvalue weighted by Gasteiger charge is -2.26. The van der Waals surface area contributed by atoms with Crippen LogP contribution in [0.3, 0.4) is 0 Å². The normalized spacial score (nSPS) is 26.7. The molecular weight excluding hydrogens is 196 g/mol. The van der Waals surface area contributed by atoms with Crippen LogP contribution in [0, 0.1) is 0 Å². The first kappa shape index (κ1) is 10.4. The molecule has 1 unspecified atom stereocenters. The third-order valence-electron chi connectivity index (χ3n) is 4.41. The van der Waals surface area contributed by atoms with E-state index in [1.807, 2.05) is 0 Å². The Bertz CT molecular complexity index is 361. The Kier molecular flexibility index (Phi) is 2.74. The zero-order chi connectivity index (χ0) is 11.0. The van der Waals surface area contributed by atoms with Gasteiger partial charge in [-0.05, 0) is 31.6 Å². The molecule has 0 bridgehead atoms. The number of fused-ring (bicyclic) bond motifs is 1. The molecule has 2 heteroatoms. The van der Waals surface area contributed by atoms with E-state index in [2.05, 4.69) is 17.7 Å². The molecule has 1 saturated carbocycles. The van der Waals surface area contributed by atoms with Crippen molar-refractivity contribution in [3.63, 3.8) is 0 Å². The standard InChI is InChI=1S/C14H22N2/c1-11-6-5-9-16-13(11)10-15-14(16)12-7-3-2-4-8-12/h10-12H,2-9H2,1H3. The smallest absolute Gasteiger partial charge is 0.111 e. The number of rotatable bonds is 1. The molecule has 1 atom stereocenters. The van der Waals surface area contributed by atoms with Gasteiger partial charge in [-0.15, -0.1) is 0 Å². The molecule has 1 aromatic heterocycles. The summed E-state index contributed by atoms with van der Waals surface area (Å²) < 4.78 is 2.53. The van der Waals surface area contributed by atoms with Crippen LogP contribution >= 0.6 is 0 Å². The van der Waals surface area contributed by atoms with Gasteiger partial charge in [0.2, 0.25) is 0 Å². The summed E-state index contributed by atoms with van der Waals surface area (Å²) in [7, 11) is 0. The molecule has 1 fully saturated rings. The van der Waals surface area contributed by atoms with E-state index in [0.29, 0.717) is 0 Å². The Hall–Kier alpha value is -0.790. The van der Waals surface area contributed by atoms with Crippen molar-refractivity contribution in [3.05, 3.63) is 17.7 Å². The summed E-state index contributed by atoms with van der Waals surface area (Å²) in [5.41, 5.74) is 1.49. The first-order chi connectivity index (χ1) is 7.86. The predicted molar refractivity (Wildman–Crippen MR) is 65.7 cm³/mol. The highest BCUT2D eigenvalue weighted by molar-refractivity contribution is 5.15. The van der Waals surface area contributed by atoms with Crippen molar-refractivity contribution in [1.29, 1.82) is 0 Å². The number of aromatic nitrogens is 2. The first-order valence-electron chi connectivity index (χ1n) is 6.91. The third kappa shape index (κ3) is 1.68. The second-order valence-electron chi connectivity index (χ2n) is 5.57. The zero-order valence-electron chi connectivity index (χ0n) is 10.3. The van der Waals surface area contributed by atoms with Gasteiger partial charge in [0.15, 0.2) is 0 Å². The SMILES string of the molecule is CC1CCCn2c1cnc2C1CCCCC1. The molecule has 0 saturated heterocycles. The molecular formula is C14H22N2. The molecule has 0 radical (unpaired) electrons. The van der Waals surface area contributed by atoms with Gasteiger partial charge in [0.25, 0.3) is 0 Å². The van der Waals surface area contributed by atoms with Crippen LogP contribution in [-0.4, -0.2) is 9.55 Å². The Balaban J connectivity index is 1.89. The van der Waals surface area contributed by atoms with Crippen LogP contribution < -0.4 is 0 Å². The van der Waals surface area contributed by atoms with E-state index >= 15 is 0 Å². The lowest BCUT2D eigenvalue weighted by molar-refractivity contribution is 0.394. The number of nitrogens with zero attached hydrogens (tertiary/aromatic N) is 2. The van der Waals surface area contributed by atoms with Gasteiger partial charge in [-0.1, -0.05) is 26.2 Å². The molecule has 0 amide bonds. The number of imidazole rings is 1. The molecule has 1 aliphatic heterocycles. The van der Waals surface area contributed by atoms with E-state index in [0.717, 1.165) is 11.8 Å². The van der Waals surface area contributed by atoms with Gasteiger partial charge < -0.3 is 4.57 Å².